The van der Waals surface area contributed by atoms with Crippen molar-refractivity contribution in [1.29, 1.82) is 0 Å². The third-order valence-electron chi connectivity index (χ3n) is 5.15. The molecule has 2 unspecified atom stereocenters. The number of hydrogen-bond donors (Lipinski definition) is 1. The molecule has 1 fully saturated rings. The Balaban J connectivity index is 1.83. The van der Waals surface area contributed by atoms with Gasteiger partial charge in [-0.3, -0.25) is 19.7 Å². The molecule has 150 valence electrons. The highest BCUT2D eigenvalue weighted by atomic mass is 32.1. The molecule has 0 spiro atoms. The number of Topliss-reactive ketones (excluding diaryl/α,β-unsaturated/α-hetero) is 1. The number of benzene rings is 1. The fourth-order valence-electron chi connectivity index (χ4n) is 3.83. The average Bonchev–Trinajstić information content (AvgIpc) is 3.46. The van der Waals surface area contributed by atoms with Gasteiger partial charge in [0.2, 0.25) is 5.78 Å². The standard InChI is InChI=1S/C20H18N2O6S/c23-18(15-8-4-10-29-15)16-17(13-6-1-2-7-14(13)22(26)27)21(20(25)19(16)24)11-12-5-3-9-28-12/h1-2,4,6-8,10,12,17,24H,3,5,9,11H2. The number of thiophene rings is 1. The van der Waals surface area contributed by atoms with Crippen molar-refractivity contribution in [3.8, 4) is 0 Å². The monoisotopic (exact) mass is 414 g/mol. The predicted octanol–water partition coefficient (Wildman–Crippen LogP) is 3.41. The molecule has 9 heteroatoms. The number of rotatable bonds is 6. The molecule has 0 saturated carbocycles. The minimum Gasteiger partial charge on any atom is -0.503 e. The van der Waals surface area contributed by atoms with Gasteiger partial charge in [0, 0.05) is 19.2 Å². The lowest BCUT2D eigenvalue weighted by atomic mass is 9.94. The molecule has 1 saturated heterocycles. The number of carbonyl (C=O) groups excluding carboxylic acids is 2. The fraction of sp³-hybridized carbons (Fsp3) is 0.300. The van der Waals surface area contributed by atoms with Gasteiger partial charge < -0.3 is 14.7 Å². The number of aliphatic hydroxyl groups excluding tert-OH is 1. The van der Waals surface area contributed by atoms with E-state index in [9.17, 15) is 24.8 Å². The molecule has 29 heavy (non-hydrogen) atoms. The van der Waals surface area contributed by atoms with Crippen LogP contribution in [0.15, 0.2) is 53.1 Å². The molecule has 4 rings (SSSR count). The van der Waals surface area contributed by atoms with Gasteiger partial charge in [-0.25, -0.2) is 0 Å². The number of nitro groups is 1. The quantitative estimate of drug-likeness (QED) is 0.441. The molecule has 3 heterocycles. The van der Waals surface area contributed by atoms with Crippen molar-refractivity contribution >= 4 is 28.7 Å². The van der Waals surface area contributed by atoms with Crippen LogP contribution in [0.2, 0.25) is 0 Å². The summed E-state index contributed by atoms with van der Waals surface area (Å²) in [5, 5.41) is 23.9. The number of ketones is 1. The first-order valence-electron chi connectivity index (χ1n) is 9.16. The molecule has 1 aromatic heterocycles. The number of nitrogens with zero attached hydrogens (tertiary/aromatic N) is 2. The van der Waals surface area contributed by atoms with Crippen LogP contribution >= 0.6 is 11.3 Å². The van der Waals surface area contributed by atoms with Gasteiger partial charge in [-0.1, -0.05) is 18.2 Å². The summed E-state index contributed by atoms with van der Waals surface area (Å²) >= 11 is 1.18. The van der Waals surface area contributed by atoms with E-state index in [2.05, 4.69) is 0 Å². The van der Waals surface area contributed by atoms with Crippen LogP contribution in [0.4, 0.5) is 5.69 Å². The van der Waals surface area contributed by atoms with Gasteiger partial charge in [0.15, 0.2) is 5.76 Å². The van der Waals surface area contributed by atoms with E-state index < -0.39 is 28.4 Å². The van der Waals surface area contributed by atoms with E-state index in [1.54, 1.807) is 23.6 Å². The summed E-state index contributed by atoms with van der Waals surface area (Å²) in [6.07, 6.45) is 1.35. The van der Waals surface area contributed by atoms with Crippen LogP contribution in [0.5, 0.6) is 0 Å². The maximum absolute atomic E-state index is 13.1. The predicted molar refractivity (Wildman–Crippen MR) is 105 cm³/mol. The second-order valence-electron chi connectivity index (χ2n) is 6.88. The Hall–Kier alpha value is -3.04. The lowest BCUT2D eigenvalue weighted by Gasteiger charge is -2.28. The number of ether oxygens (including phenoxy) is 1. The molecule has 0 aliphatic carbocycles. The first-order chi connectivity index (χ1) is 14.0. The van der Waals surface area contributed by atoms with Crippen LogP contribution in [0, 0.1) is 10.1 Å². The molecule has 2 atom stereocenters. The molecule has 2 aliphatic rings. The third-order valence-corrected chi connectivity index (χ3v) is 6.01. The highest BCUT2D eigenvalue weighted by Crippen LogP contribution is 2.43. The van der Waals surface area contributed by atoms with Crippen molar-refractivity contribution in [3.05, 3.63) is 73.7 Å². The second-order valence-corrected chi connectivity index (χ2v) is 7.83. The van der Waals surface area contributed by atoms with Crippen molar-refractivity contribution in [2.45, 2.75) is 25.0 Å². The van der Waals surface area contributed by atoms with Gasteiger partial charge in [0.05, 0.1) is 33.1 Å². The van der Waals surface area contributed by atoms with E-state index in [1.807, 2.05) is 0 Å². The molecular weight excluding hydrogens is 396 g/mol. The minimum atomic E-state index is -1.05. The largest absolute Gasteiger partial charge is 0.503 e. The van der Waals surface area contributed by atoms with Crippen LogP contribution < -0.4 is 0 Å². The van der Waals surface area contributed by atoms with E-state index >= 15 is 0 Å². The maximum atomic E-state index is 13.1. The summed E-state index contributed by atoms with van der Waals surface area (Å²) in [5.41, 5.74) is -0.161. The number of carbonyl (C=O) groups is 2. The van der Waals surface area contributed by atoms with Gasteiger partial charge in [-0.05, 0) is 30.4 Å². The molecule has 1 N–H and O–H groups in total. The lowest BCUT2D eigenvalue weighted by Crippen LogP contribution is -2.37. The highest BCUT2D eigenvalue weighted by molar-refractivity contribution is 7.12. The molecule has 8 nitrogen and oxygen atoms in total. The van der Waals surface area contributed by atoms with Crippen molar-refractivity contribution in [2.75, 3.05) is 13.2 Å². The third kappa shape index (κ3) is 3.43. The van der Waals surface area contributed by atoms with E-state index in [4.69, 9.17) is 4.74 Å². The minimum absolute atomic E-state index is 0.134. The van der Waals surface area contributed by atoms with Gasteiger partial charge in [-0.2, -0.15) is 0 Å². The molecule has 1 amide bonds. The topological polar surface area (TPSA) is 110 Å². The van der Waals surface area contributed by atoms with Crippen molar-refractivity contribution in [3.63, 3.8) is 0 Å². The summed E-state index contributed by atoms with van der Waals surface area (Å²) in [6.45, 7) is 0.712. The summed E-state index contributed by atoms with van der Waals surface area (Å²) in [7, 11) is 0. The van der Waals surface area contributed by atoms with E-state index in [0.717, 1.165) is 12.8 Å². The van der Waals surface area contributed by atoms with Crippen LogP contribution in [0.3, 0.4) is 0 Å². The van der Waals surface area contributed by atoms with Crippen molar-refractivity contribution < 1.29 is 24.4 Å². The number of amides is 1. The molecule has 0 radical (unpaired) electrons. The Bertz CT molecular complexity index is 994. The maximum Gasteiger partial charge on any atom is 0.290 e. The van der Waals surface area contributed by atoms with Crippen LogP contribution in [-0.4, -0.2) is 45.9 Å². The average molecular weight is 414 g/mol. The number of aliphatic hydroxyl groups is 1. The Morgan fingerprint density at radius 2 is 2.10 bits per heavy atom. The molecule has 2 aromatic rings. The van der Waals surface area contributed by atoms with Crippen molar-refractivity contribution in [2.24, 2.45) is 0 Å². The zero-order valence-corrected chi connectivity index (χ0v) is 16.1. The molecule has 2 aliphatic heterocycles. The first kappa shape index (κ1) is 19.3. The summed E-state index contributed by atoms with van der Waals surface area (Å²) < 4.78 is 5.62. The SMILES string of the molecule is O=C(C1=C(O)C(=O)N(CC2CCCO2)C1c1ccccc1[N+](=O)[O-])c1cccs1. The first-order valence-corrected chi connectivity index (χ1v) is 10.0. The van der Waals surface area contributed by atoms with Crippen LogP contribution in [0.25, 0.3) is 0 Å². The van der Waals surface area contributed by atoms with Gasteiger partial charge in [-0.15, -0.1) is 11.3 Å². The van der Waals surface area contributed by atoms with Crippen LogP contribution in [0.1, 0.15) is 34.1 Å². The smallest absolute Gasteiger partial charge is 0.290 e. The number of nitro benzene ring substituents is 1. The highest BCUT2D eigenvalue weighted by Gasteiger charge is 2.47. The summed E-state index contributed by atoms with van der Waals surface area (Å²) in [4.78, 5) is 38.7. The van der Waals surface area contributed by atoms with E-state index in [-0.39, 0.29) is 29.5 Å². The summed E-state index contributed by atoms with van der Waals surface area (Å²) in [6, 6.07) is 8.20. The van der Waals surface area contributed by atoms with Gasteiger partial charge >= 0.3 is 0 Å². The lowest BCUT2D eigenvalue weighted by molar-refractivity contribution is -0.385. The zero-order valence-electron chi connectivity index (χ0n) is 15.3. The van der Waals surface area contributed by atoms with Crippen molar-refractivity contribution in [1.82, 2.24) is 4.90 Å². The van der Waals surface area contributed by atoms with Gasteiger partial charge in [0.25, 0.3) is 11.6 Å². The number of para-hydroxylation sites is 1. The Morgan fingerprint density at radius 3 is 2.76 bits per heavy atom. The Morgan fingerprint density at radius 1 is 1.31 bits per heavy atom. The normalized spacial score (nSPS) is 21.8. The van der Waals surface area contributed by atoms with Crippen LogP contribution in [-0.2, 0) is 9.53 Å². The van der Waals surface area contributed by atoms with E-state index in [1.165, 1.54) is 34.4 Å². The number of hydrogen-bond acceptors (Lipinski definition) is 7. The Labute approximate surface area is 170 Å². The van der Waals surface area contributed by atoms with Gasteiger partial charge in [0.1, 0.15) is 0 Å². The second kappa shape index (κ2) is 7.76. The molecule has 0 bridgehead atoms. The molecular formula is C20H18N2O6S. The Kier molecular flexibility index (Phi) is 5.16. The molecule has 1 aromatic carbocycles. The van der Waals surface area contributed by atoms with E-state index in [0.29, 0.717) is 11.5 Å². The fourth-order valence-corrected chi connectivity index (χ4v) is 4.51. The summed E-state index contributed by atoms with van der Waals surface area (Å²) in [5.74, 6) is -1.89. The zero-order chi connectivity index (χ0) is 20.5.